The lowest BCUT2D eigenvalue weighted by Gasteiger charge is -2.11. The number of allylic oxidation sites excluding steroid dienone is 3. The van der Waals surface area contributed by atoms with Crippen LogP contribution in [0.25, 0.3) is 34.4 Å². The van der Waals surface area contributed by atoms with Crippen molar-refractivity contribution < 1.29 is 0 Å². The molecule has 0 radical (unpaired) electrons. The van der Waals surface area contributed by atoms with E-state index in [1.54, 1.807) is 0 Å². The Hall–Kier alpha value is -6.91. The van der Waals surface area contributed by atoms with Crippen LogP contribution in [0, 0.1) is 0 Å². The van der Waals surface area contributed by atoms with Crippen LogP contribution in [0.15, 0.2) is 174 Å². The third kappa shape index (κ3) is 4.96. The van der Waals surface area contributed by atoms with Crippen LogP contribution >= 0.6 is 0 Å². The molecule has 0 spiro atoms. The summed E-state index contributed by atoms with van der Waals surface area (Å²) in [4.78, 5) is 17.2. The van der Waals surface area contributed by atoms with Crippen molar-refractivity contribution >= 4 is 40.2 Å². The van der Waals surface area contributed by atoms with Crippen molar-refractivity contribution in [3.05, 3.63) is 235 Å². The van der Waals surface area contributed by atoms with Crippen LogP contribution in [0.4, 0.5) is 0 Å². The molecule has 4 aromatic carbocycles. The van der Waals surface area contributed by atoms with Crippen LogP contribution in [-0.2, 0) is 0 Å². The Morgan fingerprint density at radius 3 is 1.58 bits per heavy atom. The van der Waals surface area contributed by atoms with Crippen LogP contribution in [0.5, 0.6) is 0 Å². The van der Waals surface area contributed by atoms with E-state index >= 15 is 0 Å². The molecule has 0 unspecified atom stereocenters. The van der Waals surface area contributed by atoms with Gasteiger partial charge in [0.1, 0.15) is 0 Å². The number of aromatic amines is 3. The first-order valence-corrected chi connectivity index (χ1v) is 17.7. The van der Waals surface area contributed by atoms with Gasteiger partial charge in [0.15, 0.2) is 0 Å². The van der Waals surface area contributed by atoms with Crippen LogP contribution in [0.3, 0.4) is 0 Å². The highest BCUT2D eigenvalue weighted by Crippen LogP contribution is 2.34. The van der Waals surface area contributed by atoms with E-state index < -0.39 is 0 Å². The lowest BCUT2D eigenvalue weighted by Crippen LogP contribution is -2.27. The highest BCUT2D eigenvalue weighted by molar-refractivity contribution is 6.30. The summed E-state index contributed by atoms with van der Waals surface area (Å²) in [5.74, 6) is 0. The molecule has 52 heavy (non-hydrogen) atoms. The Balaban J connectivity index is 1.40. The summed E-state index contributed by atoms with van der Waals surface area (Å²) in [5, 5.41) is 4.29. The summed E-state index contributed by atoms with van der Waals surface area (Å²) in [7, 11) is 0. The molecule has 0 fully saturated rings. The van der Waals surface area contributed by atoms with E-state index in [0.29, 0.717) is 0 Å². The van der Waals surface area contributed by atoms with Crippen LogP contribution in [-0.4, -0.2) is 20.7 Å². The Labute approximate surface area is 301 Å². The molecule has 5 heterocycles. The lowest BCUT2D eigenvalue weighted by atomic mass is 9.97. The van der Waals surface area contributed by atoms with Gasteiger partial charge in [-0.3, -0.25) is 0 Å². The third-order valence-electron chi connectivity index (χ3n) is 10.2. The van der Waals surface area contributed by atoms with Gasteiger partial charge in [0.25, 0.3) is 0 Å². The van der Waals surface area contributed by atoms with E-state index in [0.717, 1.165) is 89.1 Å². The standard InChI is InChI=1S/C48H34N4/c1-30-28-35-36(29-30)48-46(34-20-12-5-13-21-34)42-27-25-40(51-42)44(32-16-8-3-9-17-32)38-23-22-37(49-38)43(31-14-6-2-7-15-31)39-24-26-41(50-39)45(47(35)52-48)33-18-10-4-11-19-33/h2-29,49-50,52H,1H3. The predicted octanol–water partition coefficient (Wildman–Crippen LogP) is 7.35. The maximum absolute atomic E-state index is 5.47. The molecule has 3 aromatic heterocycles. The van der Waals surface area contributed by atoms with Gasteiger partial charge in [-0.15, -0.1) is 0 Å². The van der Waals surface area contributed by atoms with E-state index in [1.165, 1.54) is 16.4 Å². The van der Waals surface area contributed by atoms with E-state index in [-0.39, 0.29) is 0 Å². The molecule has 3 N–H and O–H groups in total. The average Bonchev–Trinajstić information content (AvgIpc) is 4.04. The summed E-state index contributed by atoms with van der Waals surface area (Å²) in [6.07, 6.45) is 8.94. The van der Waals surface area contributed by atoms with Crippen molar-refractivity contribution in [3.8, 4) is 0 Å². The minimum absolute atomic E-state index is 0.914. The molecule has 10 rings (SSSR count). The molecule has 0 saturated carbocycles. The summed E-state index contributed by atoms with van der Waals surface area (Å²) < 4.78 is 0. The molecule has 0 atom stereocenters. The molecular weight excluding hydrogens is 633 g/mol. The van der Waals surface area contributed by atoms with E-state index in [4.69, 9.17) is 4.99 Å². The number of fused-ring (bicyclic) bond motifs is 10. The number of hydrogen-bond acceptors (Lipinski definition) is 1. The first kappa shape index (κ1) is 30.0. The zero-order chi connectivity index (χ0) is 34.6. The maximum atomic E-state index is 5.47. The lowest BCUT2D eigenvalue weighted by molar-refractivity contribution is 1.21. The molecule has 8 bridgehead atoms. The van der Waals surface area contributed by atoms with Gasteiger partial charge >= 0.3 is 0 Å². The predicted molar refractivity (Wildman–Crippen MR) is 213 cm³/mol. The van der Waals surface area contributed by atoms with Crippen molar-refractivity contribution in [3.63, 3.8) is 0 Å². The summed E-state index contributed by atoms with van der Waals surface area (Å²) in [6, 6.07) is 51.4. The molecule has 3 aliphatic rings. The highest BCUT2D eigenvalue weighted by atomic mass is 14.8. The summed E-state index contributed by atoms with van der Waals surface area (Å²) in [6.45, 7) is 2.18. The fraction of sp³-hybridized carbons (Fsp3) is 0.0208. The second kappa shape index (κ2) is 12.1. The first-order valence-electron chi connectivity index (χ1n) is 17.7. The number of rotatable bonds is 4. The zero-order valence-electron chi connectivity index (χ0n) is 28.6. The fourth-order valence-corrected chi connectivity index (χ4v) is 7.91. The monoisotopic (exact) mass is 666 g/mol. The molecule has 0 amide bonds. The van der Waals surface area contributed by atoms with Crippen molar-refractivity contribution in [2.75, 3.05) is 0 Å². The topological polar surface area (TPSA) is 59.7 Å². The van der Waals surface area contributed by atoms with Gasteiger partial charge in [-0.05, 0) is 83.3 Å². The number of H-pyrrole nitrogens is 3. The maximum Gasteiger partial charge on any atom is 0.0737 e. The van der Waals surface area contributed by atoms with Crippen LogP contribution in [0.2, 0.25) is 0 Å². The number of hydrogen-bond donors (Lipinski definition) is 3. The van der Waals surface area contributed by atoms with Gasteiger partial charge < -0.3 is 15.0 Å². The van der Waals surface area contributed by atoms with Gasteiger partial charge in [0.2, 0.25) is 0 Å². The molecule has 4 heteroatoms. The quantitative estimate of drug-likeness (QED) is 0.176. The van der Waals surface area contributed by atoms with Crippen molar-refractivity contribution in [1.82, 2.24) is 15.0 Å². The minimum atomic E-state index is 0.914. The fourth-order valence-electron chi connectivity index (χ4n) is 7.91. The van der Waals surface area contributed by atoms with E-state index in [2.05, 4.69) is 192 Å². The molecule has 1 aliphatic carbocycles. The minimum Gasteiger partial charge on any atom is -0.354 e. The van der Waals surface area contributed by atoms with Crippen LogP contribution in [0.1, 0.15) is 51.8 Å². The first-order chi connectivity index (χ1) is 25.7. The molecule has 7 aromatic rings. The zero-order valence-corrected chi connectivity index (χ0v) is 28.6. The molecule has 4 nitrogen and oxygen atoms in total. The Kier molecular flexibility index (Phi) is 7.00. The van der Waals surface area contributed by atoms with E-state index in [1.807, 2.05) is 0 Å². The van der Waals surface area contributed by atoms with Crippen molar-refractivity contribution in [2.45, 2.75) is 6.92 Å². The van der Waals surface area contributed by atoms with Crippen molar-refractivity contribution in [2.24, 2.45) is 4.99 Å². The number of aromatic nitrogens is 3. The molecular formula is C48H34N4. The SMILES string of the molecule is CC1=Cc2c3[nH]c(c2=C1)=C(c1ccccc1)c1ccc([nH]1)C(c1ccccc1)=c1ccc([nH]1)=C(c1ccccc1)C1=NC(=C3c2ccccc2)C=C1. The Bertz CT molecular complexity index is 2910. The Morgan fingerprint density at radius 1 is 0.442 bits per heavy atom. The second-order valence-electron chi connectivity index (χ2n) is 13.5. The number of nitrogens with one attached hydrogen (secondary N) is 3. The average molecular weight is 667 g/mol. The van der Waals surface area contributed by atoms with Gasteiger partial charge in [-0.1, -0.05) is 121 Å². The number of benzene rings is 4. The smallest absolute Gasteiger partial charge is 0.0737 e. The van der Waals surface area contributed by atoms with Crippen molar-refractivity contribution in [1.29, 1.82) is 0 Å². The normalized spacial score (nSPS) is 14.8. The molecule has 0 saturated heterocycles. The Morgan fingerprint density at radius 2 is 0.962 bits per heavy atom. The second-order valence-corrected chi connectivity index (χ2v) is 13.5. The summed E-state index contributed by atoms with van der Waals surface area (Å²) >= 11 is 0. The number of nitrogens with zero attached hydrogens (tertiary/aromatic N) is 1. The van der Waals surface area contributed by atoms with Gasteiger partial charge in [0.05, 0.1) is 22.5 Å². The number of aliphatic imine (C=N–C) groups is 1. The van der Waals surface area contributed by atoms with Crippen LogP contribution < -0.4 is 21.3 Å². The highest BCUT2D eigenvalue weighted by Gasteiger charge is 2.25. The molecule has 2 aliphatic heterocycles. The third-order valence-corrected chi connectivity index (χ3v) is 10.2. The largest absolute Gasteiger partial charge is 0.354 e. The van der Waals surface area contributed by atoms with Gasteiger partial charge in [-0.25, -0.2) is 4.99 Å². The molecule has 246 valence electrons. The van der Waals surface area contributed by atoms with E-state index in [9.17, 15) is 0 Å². The van der Waals surface area contributed by atoms with Gasteiger partial charge in [-0.2, -0.15) is 0 Å². The van der Waals surface area contributed by atoms with Gasteiger partial charge in [0, 0.05) is 55.2 Å². The summed E-state index contributed by atoms with van der Waals surface area (Å²) in [5.41, 5.74) is 16.2.